The van der Waals surface area contributed by atoms with Crippen LogP contribution in [0.2, 0.25) is 0 Å². The van der Waals surface area contributed by atoms with Gasteiger partial charge in [-0.05, 0) is 6.92 Å². The molecule has 9 heteroatoms. The van der Waals surface area contributed by atoms with Crippen LogP contribution in [0.4, 0.5) is 11.5 Å². The van der Waals surface area contributed by atoms with Crippen LogP contribution in [0.15, 0.2) is 23.0 Å². The summed E-state index contributed by atoms with van der Waals surface area (Å²) in [5, 5.41) is 17.6. The van der Waals surface area contributed by atoms with Gasteiger partial charge in [0.15, 0.2) is 5.82 Å². The van der Waals surface area contributed by atoms with E-state index in [0.29, 0.717) is 30.2 Å². The summed E-state index contributed by atoms with van der Waals surface area (Å²) in [4.78, 5) is 14.1. The number of nitrogens with zero attached hydrogens (tertiary/aromatic N) is 4. The molecule has 0 radical (unpaired) electrons. The van der Waals surface area contributed by atoms with Gasteiger partial charge in [0.05, 0.1) is 31.3 Å². The van der Waals surface area contributed by atoms with Crippen molar-refractivity contribution in [2.75, 3.05) is 49.6 Å². The largest absolute Gasteiger partial charge is 0.378 e. The van der Waals surface area contributed by atoms with E-state index >= 15 is 0 Å². The predicted octanol–water partition coefficient (Wildman–Crippen LogP) is 0.452. The molecule has 1 aliphatic rings. The van der Waals surface area contributed by atoms with Gasteiger partial charge < -0.3 is 24.8 Å². The molecule has 2 N–H and O–H groups in total. The van der Waals surface area contributed by atoms with Crippen LogP contribution in [-0.4, -0.2) is 60.7 Å². The normalized spacial score (nSPS) is 14.5. The van der Waals surface area contributed by atoms with Gasteiger partial charge in [0.25, 0.3) is 5.91 Å². The maximum Gasteiger partial charge on any atom is 0.256 e. The smallest absolute Gasteiger partial charge is 0.256 e. The van der Waals surface area contributed by atoms with Gasteiger partial charge in [0.1, 0.15) is 11.3 Å². The molecule has 0 atom stereocenters. The third-order valence-corrected chi connectivity index (χ3v) is 3.73. The minimum atomic E-state index is -0.205. The molecule has 2 aromatic heterocycles. The summed E-state index contributed by atoms with van der Waals surface area (Å²) in [5.74, 6) is 0.975. The number of aromatic nitrogens is 3. The fraction of sp³-hybridized carbons (Fsp3) is 0.467. The number of nitrogens with one attached hydrogen (secondary N) is 2. The molecule has 2 aromatic rings. The van der Waals surface area contributed by atoms with Crippen LogP contribution < -0.4 is 15.5 Å². The van der Waals surface area contributed by atoms with Gasteiger partial charge in [-0.1, -0.05) is 5.16 Å². The number of aryl methyl sites for hydroxylation is 1. The van der Waals surface area contributed by atoms with Crippen molar-refractivity contribution >= 4 is 17.4 Å². The SMILES string of the molecule is Cc1oncc1C(=O)NCCNc1cc(N2CCOCC2)cnn1. The lowest BCUT2D eigenvalue weighted by atomic mass is 10.2. The van der Waals surface area contributed by atoms with E-state index in [9.17, 15) is 4.79 Å². The summed E-state index contributed by atoms with van der Waals surface area (Å²) in [5.41, 5.74) is 1.46. The van der Waals surface area contributed by atoms with Crippen molar-refractivity contribution < 1.29 is 14.1 Å². The molecule has 0 saturated carbocycles. The van der Waals surface area contributed by atoms with Gasteiger partial charge in [-0.25, -0.2) is 0 Å². The van der Waals surface area contributed by atoms with Gasteiger partial charge in [-0.15, -0.1) is 5.10 Å². The number of ether oxygens (including phenoxy) is 1. The lowest BCUT2D eigenvalue weighted by Crippen LogP contribution is -2.36. The van der Waals surface area contributed by atoms with Gasteiger partial charge in [0, 0.05) is 32.2 Å². The Labute approximate surface area is 139 Å². The van der Waals surface area contributed by atoms with E-state index in [1.54, 1.807) is 13.1 Å². The molecule has 0 unspecified atom stereocenters. The van der Waals surface area contributed by atoms with Crippen molar-refractivity contribution in [3.8, 4) is 0 Å². The van der Waals surface area contributed by atoms with E-state index < -0.39 is 0 Å². The lowest BCUT2D eigenvalue weighted by molar-refractivity contribution is 0.0953. The minimum Gasteiger partial charge on any atom is -0.378 e. The summed E-state index contributed by atoms with van der Waals surface area (Å²) >= 11 is 0. The average molecular weight is 332 g/mol. The molecule has 1 fully saturated rings. The highest BCUT2D eigenvalue weighted by Crippen LogP contribution is 2.16. The van der Waals surface area contributed by atoms with E-state index in [1.807, 2.05) is 6.07 Å². The van der Waals surface area contributed by atoms with E-state index in [-0.39, 0.29) is 5.91 Å². The molecule has 1 saturated heterocycles. The van der Waals surface area contributed by atoms with E-state index in [2.05, 4.69) is 30.9 Å². The van der Waals surface area contributed by atoms with E-state index in [4.69, 9.17) is 9.26 Å². The zero-order chi connectivity index (χ0) is 16.8. The number of rotatable bonds is 6. The third-order valence-electron chi connectivity index (χ3n) is 3.73. The second-order valence-electron chi connectivity index (χ2n) is 5.38. The maximum atomic E-state index is 11.9. The molecule has 9 nitrogen and oxygen atoms in total. The van der Waals surface area contributed by atoms with Gasteiger partial charge in [-0.2, -0.15) is 5.10 Å². The second kappa shape index (κ2) is 7.73. The number of hydrogen-bond acceptors (Lipinski definition) is 8. The molecule has 1 amide bonds. The highest BCUT2D eigenvalue weighted by molar-refractivity contribution is 5.94. The van der Waals surface area contributed by atoms with Gasteiger partial charge in [0.2, 0.25) is 0 Å². The second-order valence-corrected chi connectivity index (χ2v) is 5.38. The van der Waals surface area contributed by atoms with Crippen LogP contribution in [0.3, 0.4) is 0 Å². The average Bonchev–Trinajstić information content (AvgIpc) is 3.06. The Morgan fingerprint density at radius 2 is 2.12 bits per heavy atom. The Morgan fingerprint density at radius 3 is 2.88 bits per heavy atom. The molecule has 0 aromatic carbocycles. The fourth-order valence-electron chi connectivity index (χ4n) is 2.42. The molecule has 3 heterocycles. The van der Waals surface area contributed by atoms with E-state index in [1.165, 1.54) is 6.20 Å². The van der Waals surface area contributed by atoms with Crippen molar-refractivity contribution in [2.24, 2.45) is 0 Å². The van der Waals surface area contributed by atoms with Crippen LogP contribution in [0.25, 0.3) is 0 Å². The summed E-state index contributed by atoms with van der Waals surface area (Å²) in [6, 6.07) is 1.95. The highest BCUT2D eigenvalue weighted by Gasteiger charge is 2.13. The standard InChI is InChI=1S/C15H20N6O3/c1-11-13(10-19-24-11)15(22)17-3-2-16-14-8-12(9-18-20-14)21-4-6-23-7-5-21/h8-10H,2-7H2,1H3,(H,16,20)(H,17,22). The zero-order valence-corrected chi connectivity index (χ0v) is 13.5. The number of hydrogen-bond donors (Lipinski definition) is 2. The number of carbonyl (C=O) groups excluding carboxylic acids is 1. The fourth-order valence-corrected chi connectivity index (χ4v) is 2.42. The quantitative estimate of drug-likeness (QED) is 0.735. The molecule has 128 valence electrons. The summed E-state index contributed by atoms with van der Waals surface area (Å²) in [6.45, 7) is 5.83. The van der Waals surface area contributed by atoms with Crippen molar-refractivity contribution in [2.45, 2.75) is 6.92 Å². The Balaban J connectivity index is 1.46. The van der Waals surface area contributed by atoms with Crippen LogP contribution in [-0.2, 0) is 4.74 Å². The summed E-state index contributed by atoms with van der Waals surface area (Å²) in [6.07, 6.45) is 3.16. The molecule has 0 bridgehead atoms. The van der Waals surface area contributed by atoms with Crippen molar-refractivity contribution in [1.29, 1.82) is 0 Å². The topological polar surface area (TPSA) is 105 Å². The molecule has 3 rings (SSSR count). The number of carbonyl (C=O) groups is 1. The first-order valence-electron chi connectivity index (χ1n) is 7.83. The maximum absolute atomic E-state index is 11.9. The van der Waals surface area contributed by atoms with Crippen LogP contribution in [0.5, 0.6) is 0 Å². The molecule has 1 aliphatic heterocycles. The van der Waals surface area contributed by atoms with E-state index in [0.717, 1.165) is 32.0 Å². The minimum absolute atomic E-state index is 0.205. The predicted molar refractivity (Wildman–Crippen MR) is 87.1 cm³/mol. The first-order chi connectivity index (χ1) is 11.7. The highest BCUT2D eigenvalue weighted by atomic mass is 16.5. The Morgan fingerprint density at radius 1 is 1.29 bits per heavy atom. The monoisotopic (exact) mass is 332 g/mol. The number of anilines is 2. The Kier molecular flexibility index (Phi) is 5.22. The number of morpholine rings is 1. The lowest BCUT2D eigenvalue weighted by Gasteiger charge is -2.28. The summed E-state index contributed by atoms with van der Waals surface area (Å²) in [7, 11) is 0. The Bertz CT molecular complexity index is 683. The van der Waals surface area contributed by atoms with Crippen molar-refractivity contribution in [3.05, 3.63) is 29.8 Å². The first-order valence-corrected chi connectivity index (χ1v) is 7.83. The molecular weight excluding hydrogens is 312 g/mol. The molecule has 0 spiro atoms. The first kappa shape index (κ1) is 16.2. The van der Waals surface area contributed by atoms with Crippen molar-refractivity contribution in [3.63, 3.8) is 0 Å². The van der Waals surface area contributed by atoms with Gasteiger partial charge in [-0.3, -0.25) is 4.79 Å². The van der Waals surface area contributed by atoms with Crippen LogP contribution in [0, 0.1) is 6.92 Å². The Hall–Kier alpha value is -2.68. The van der Waals surface area contributed by atoms with Gasteiger partial charge >= 0.3 is 0 Å². The zero-order valence-electron chi connectivity index (χ0n) is 13.5. The molecule has 0 aliphatic carbocycles. The van der Waals surface area contributed by atoms with Crippen molar-refractivity contribution in [1.82, 2.24) is 20.7 Å². The summed E-state index contributed by atoms with van der Waals surface area (Å²) < 4.78 is 10.2. The van der Waals surface area contributed by atoms with Crippen LogP contribution >= 0.6 is 0 Å². The molecular formula is C15H20N6O3. The van der Waals surface area contributed by atoms with Crippen LogP contribution in [0.1, 0.15) is 16.1 Å². The molecule has 24 heavy (non-hydrogen) atoms. The third kappa shape index (κ3) is 3.99. The number of amides is 1.